The summed E-state index contributed by atoms with van der Waals surface area (Å²) in [4.78, 5) is 24.3. The summed E-state index contributed by atoms with van der Waals surface area (Å²) < 4.78 is 0. The molecule has 0 heterocycles. The fraction of sp³-hybridized carbons (Fsp3) is 0.429. The van der Waals surface area contributed by atoms with E-state index < -0.39 is 5.97 Å². The van der Waals surface area contributed by atoms with Gasteiger partial charge in [-0.2, -0.15) is 0 Å². The molecule has 20 heavy (non-hydrogen) atoms. The Morgan fingerprint density at radius 2 is 2.00 bits per heavy atom. The van der Waals surface area contributed by atoms with Gasteiger partial charge >= 0.3 is 5.97 Å². The number of nitrogens with one attached hydrogen (secondary N) is 1. The lowest BCUT2D eigenvalue weighted by Gasteiger charge is -2.24. The molecule has 1 aromatic rings. The summed E-state index contributed by atoms with van der Waals surface area (Å²) in [6.07, 6.45) is 0.219. The maximum Gasteiger partial charge on any atom is 0.317 e. The van der Waals surface area contributed by atoms with Crippen LogP contribution in [0.4, 0.5) is 5.69 Å². The minimum atomic E-state index is -0.898. The molecule has 110 valence electrons. The van der Waals surface area contributed by atoms with Crippen molar-refractivity contribution in [3.8, 4) is 0 Å². The molecule has 1 aromatic carbocycles. The average Bonchev–Trinajstić information content (AvgIpc) is 2.36. The Balaban J connectivity index is 2.50. The zero-order chi connectivity index (χ0) is 15.1. The number of carboxylic acids is 1. The predicted octanol–water partition coefficient (Wildman–Crippen LogP) is 2.46. The van der Waals surface area contributed by atoms with Crippen molar-refractivity contribution in [1.82, 2.24) is 4.90 Å². The van der Waals surface area contributed by atoms with Gasteiger partial charge in [-0.15, -0.1) is 0 Å². The molecule has 5 nitrogen and oxygen atoms in total. The third-order valence-corrected chi connectivity index (χ3v) is 3.17. The minimum absolute atomic E-state index is 0.0687. The Bertz CT molecular complexity index is 477. The van der Waals surface area contributed by atoms with E-state index in [1.807, 2.05) is 13.8 Å². The van der Waals surface area contributed by atoms with Crippen molar-refractivity contribution >= 4 is 29.2 Å². The first-order chi connectivity index (χ1) is 9.40. The number of para-hydroxylation sites is 1. The highest BCUT2D eigenvalue weighted by Gasteiger charge is 2.15. The monoisotopic (exact) mass is 298 g/mol. The third-order valence-electron chi connectivity index (χ3n) is 2.84. The second kappa shape index (κ2) is 7.87. The molecule has 0 atom stereocenters. The van der Waals surface area contributed by atoms with E-state index in [1.165, 1.54) is 0 Å². The van der Waals surface area contributed by atoms with Crippen LogP contribution in [0.2, 0.25) is 5.02 Å². The summed E-state index contributed by atoms with van der Waals surface area (Å²) in [5.41, 5.74) is 0.563. The zero-order valence-corrected chi connectivity index (χ0v) is 12.4. The van der Waals surface area contributed by atoms with Crippen molar-refractivity contribution in [3.05, 3.63) is 29.3 Å². The number of anilines is 1. The van der Waals surface area contributed by atoms with Crippen molar-refractivity contribution in [2.75, 3.05) is 18.4 Å². The zero-order valence-electron chi connectivity index (χ0n) is 11.6. The summed E-state index contributed by atoms with van der Waals surface area (Å²) in [6, 6.07) is 7.05. The van der Waals surface area contributed by atoms with Crippen LogP contribution in [0.1, 0.15) is 20.3 Å². The first kappa shape index (κ1) is 16.5. The van der Waals surface area contributed by atoms with Crippen LogP contribution < -0.4 is 5.32 Å². The smallest absolute Gasteiger partial charge is 0.317 e. The molecule has 0 aromatic heterocycles. The third kappa shape index (κ3) is 5.59. The summed E-state index contributed by atoms with van der Waals surface area (Å²) in [5.74, 6) is -1.08. The fourth-order valence-corrected chi connectivity index (χ4v) is 1.90. The summed E-state index contributed by atoms with van der Waals surface area (Å²) in [5, 5.41) is 12.0. The van der Waals surface area contributed by atoms with E-state index in [2.05, 4.69) is 5.32 Å². The molecule has 0 spiro atoms. The number of carbonyl (C=O) groups is 2. The van der Waals surface area contributed by atoms with E-state index in [0.717, 1.165) is 0 Å². The van der Waals surface area contributed by atoms with Gasteiger partial charge in [-0.3, -0.25) is 14.5 Å². The van der Waals surface area contributed by atoms with Crippen molar-refractivity contribution in [2.45, 2.75) is 26.3 Å². The van der Waals surface area contributed by atoms with Crippen LogP contribution in [-0.2, 0) is 9.59 Å². The molecule has 1 rings (SSSR count). The number of halogens is 1. The lowest BCUT2D eigenvalue weighted by atomic mass is 10.2. The van der Waals surface area contributed by atoms with E-state index in [0.29, 0.717) is 17.3 Å². The number of rotatable bonds is 7. The van der Waals surface area contributed by atoms with Crippen LogP contribution in [0.25, 0.3) is 0 Å². The SMILES string of the molecule is CC(C)N(CCC(=O)Nc1ccccc1Cl)CC(=O)O. The molecule has 0 aliphatic heterocycles. The number of nitrogens with zero attached hydrogens (tertiary/aromatic N) is 1. The molecule has 0 aliphatic carbocycles. The Labute approximate surface area is 123 Å². The molecule has 0 radical (unpaired) electrons. The second-order valence-electron chi connectivity index (χ2n) is 4.74. The van der Waals surface area contributed by atoms with Crippen LogP contribution in [0.3, 0.4) is 0 Å². The van der Waals surface area contributed by atoms with Gasteiger partial charge in [0.15, 0.2) is 0 Å². The number of carbonyl (C=O) groups excluding carboxylic acids is 1. The number of benzene rings is 1. The molecule has 0 aliphatic rings. The van der Waals surface area contributed by atoms with Crippen LogP contribution >= 0.6 is 11.6 Å². The van der Waals surface area contributed by atoms with E-state index in [-0.39, 0.29) is 24.9 Å². The van der Waals surface area contributed by atoms with Gasteiger partial charge in [0.1, 0.15) is 0 Å². The summed E-state index contributed by atoms with van der Waals surface area (Å²) >= 11 is 5.95. The van der Waals surface area contributed by atoms with Gasteiger partial charge in [0.05, 0.1) is 17.3 Å². The molecule has 0 unspecified atom stereocenters. The first-order valence-corrected chi connectivity index (χ1v) is 6.78. The lowest BCUT2D eigenvalue weighted by Crippen LogP contribution is -2.37. The Hall–Kier alpha value is -1.59. The average molecular weight is 299 g/mol. The molecular formula is C14H19ClN2O3. The molecule has 1 amide bonds. The highest BCUT2D eigenvalue weighted by Crippen LogP contribution is 2.20. The molecule has 6 heteroatoms. The van der Waals surface area contributed by atoms with Crippen molar-refractivity contribution < 1.29 is 14.7 Å². The second-order valence-corrected chi connectivity index (χ2v) is 5.14. The summed E-state index contributed by atoms with van der Waals surface area (Å²) in [6.45, 7) is 4.11. The summed E-state index contributed by atoms with van der Waals surface area (Å²) in [7, 11) is 0. The minimum Gasteiger partial charge on any atom is -0.480 e. The van der Waals surface area contributed by atoms with E-state index >= 15 is 0 Å². The fourth-order valence-electron chi connectivity index (χ4n) is 1.71. The normalized spacial score (nSPS) is 10.8. The number of aliphatic carboxylic acids is 1. The van der Waals surface area contributed by atoms with Crippen LogP contribution in [0.15, 0.2) is 24.3 Å². The maximum absolute atomic E-state index is 11.8. The molecule has 0 saturated carbocycles. The number of carboxylic acid groups (broad SMARTS) is 1. The quantitative estimate of drug-likeness (QED) is 0.811. The first-order valence-electron chi connectivity index (χ1n) is 6.40. The van der Waals surface area contributed by atoms with Crippen LogP contribution in [0, 0.1) is 0 Å². The molecule has 0 fully saturated rings. The van der Waals surface area contributed by atoms with Gasteiger partial charge < -0.3 is 10.4 Å². The molecule has 2 N–H and O–H groups in total. The highest BCUT2D eigenvalue weighted by atomic mass is 35.5. The molecular weight excluding hydrogens is 280 g/mol. The Morgan fingerprint density at radius 3 is 2.55 bits per heavy atom. The Kier molecular flexibility index (Phi) is 6.48. The number of hydrogen-bond acceptors (Lipinski definition) is 3. The van der Waals surface area contributed by atoms with Crippen molar-refractivity contribution in [1.29, 1.82) is 0 Å². The van der Waals surface area contributed by atoms with Gasteiger partial charge in [0.25, 0.3) is 0 Å². The van der Waals surface area contributed by atoms with E-state index in [1.54, 1.807) is 29.2 Å². The van der Waals surface area contributed by atoms with Crippen LogP contribution in [-0.4, -0.2) is 41.0 Å². The number of hydrogen-bond donors (Lipinski definition) is 2. The topological polar surface area (TPSA) is 69.6 Å². The predicted molar refractivity (Wildman–Crippen MR) is 79.0 cm³/mol. The lowest BCUT2D eigenvalue weighted by molar-refractivity contribution is -0.139. The van der Waals surface area contributed by atoms with Gasteiger partial charge in [-0.05, 0) is 26.0 Å². The van der Waals surface area contributed by atoms with Crippen LogP contribution in [0.5, 0.6) is 0 Å². The van der Waals surface area contributed by atoms with Gasteiger partial charge in [-0.25, -0.2) is 0 Å². The maximum atomic E-state index is 11.8. The van der Waals surface area contributed by atoms with Crippen molar-refractivity contribution in [2.24, 2.45) is 0 Å². The molecule has 0 bridgehead atoms. The Morgan fingerprint density at radius 1 is 1.35 bits per heavy atom. The van der Waals surface area contributed by atoms with Gasteiger partial charge in [0.2, 0.25) is 5.91 Å². The molecule has 0 saturated heterocycles. The van der Waals surface area contributed by atoms with Gasteiger partial charge in [0, 0.05) is 19.0 Å². The van der Waals surface area contributed by atoms with E-state index in [9.17, 15) is 9.59 Å². The van der Waals surface area contributed by atoms with E-state index in [4.69, 9.17) is 16.7 Å². The standard InChI is InChI=1S/C14H19ClN2O3/c1-10(2)17(9-14(19)20)8-7-13(18)16-12-6-4-3-5-11(12)15/h3-6,10H,7-9H2,1-2H3,(H,16,18)(H,19,20). The highest BCUT2D eigenvalue weighted by molar-refractivity contribution is 6.33. The largest absolute Gasteiger partial charge is 0.480 e. The van der Waals surface area contributed by atoms with Gasteiger partial charge in [-0.1, -0.05) is 23.7 Å². The van der Waals surface area contributed by atoms with Crippen molar-refractivity contribution in [3.63, 3.8) is 0 Å². The number of amides is 1.